The zero-order valence-corrected chi connectivity index (χ0v) is 16.9. The highest BCUT2D eigenvalue weighted by Crippen LogP contribution is 2.30. The first kappa shape index (κ1) is 20.5. The maximum Gasteiger partial charge on any atom is 0.407 e. The fourth-order valence-electron chi connectivity index (χ4n) is 4.34. The number of hydrogen-bond donors (Lipinski definition) is 2. The summed E-state index contributed by atoms with van der Waals surface area (Å²) in [5.74, 6) is 2.39. The molecule has 1 amide bonds. The van der Waals surface area contributed by atoms with Gasteiger partial charge in [-0.1, -0.05) is 45.4 Å². The van der Waals surface area contributed by atoms with Gasteiger partial charge in [-0.3, -0.25) is 0 Å². The average Bonchev–Trinajstić information content (AvgIpc) is 2.54. The summed E-state index contributed by atoms with van der Waals surface area (Å²) in [4.78, 5) is 11.9. The van der Waals surface area contributed by atoms with E-state index in [1.54, 1.807) is 0 Å². The molecule has 0 heterocycles. The highest BCUT2D eigenvalue weighted by molar-refractivity contribution is 5.67. The lowest BCUT2D eigenvalue weighted by Crippen LogP contribution is -2.45. The van der Waals surface area contributed by atoms with Crippen LogP contribution in [0.4, 0.5) is 4.79 Å². The summed E-state index contributed by atoms with van der Waals surface area (Å²) >= 11 is 0. The van der Waals surface area contributed by atoms with E-state index in [2.05, 4.69) is 17.6 Å². The molecule has 0 bridgehead atoms. The van der Waals surface area contributed by atoms with Crippen molar-refractivity contribution in [1.82, 2.24) is 10.6 Å². The lowest BCUT2D eigenvalue weighted by atomic mass is 9.81. The highest BCUT2D eigenvalue weighted by Gasteiger charge is 2.26. The van der Waals surface area contributed by atoms with Crippen molar-refractivity contribution in [3.63, 3.8) is 0 Å². The average molecular weight is 353 g/mol. The number of nitrogens with one attached hydrogen (secondary N) is 2. The first-order valence-electron chi connectivity index (χ1n) is 10.5. The zero-order valence-electron chi connectivity index (χ0n) is 16.9. The molecule has 0 spiro atoms. The Morgan fingerprint density at radius 1 is 1.04 bits per heavy atom. The minimum absolute atomic E-state index is 0.284. The fourth-order valence-corrected chi connectivity index (χ4v) is 4.34. The third kappa shape index (κ3) is 7.98. The Hall–Kier alpha value is -0.770. The van der Waals surface area contributed by atoms with E-state index < -0.39 is 5.60 Å². The second kappa shape index (κ2) is 9.80. The minimum Gasteiger partial charge on any atom is -0.444 e. The Labute approximate surface area is 154 Å². The van der Waals surface area contributed by atoms with E-state index >= 15 is 0 Å². The van der Waals surface area contributed by atoms with Crippen LogP contribution in [0.3, 0.4) is 0 Å². The maximum absolute atomic E-state index is 11.9. The van der Waals surface area contributed by atoms with E-state index in [0.29, 0.717) is 12.0 Å². The number of alkyl carbamates (subject to hydrolysis) is 1. The standard InChI is InChI=1S/C21H40N2O2/c1-16-9-11-17(12-10-16)13-14-22-19-8-6-5-7-18(19)15-23-20(24)25-21(2,3)4/h16-19,22H,5-15H2,1-4H3,(H,23,24). The molecule has 4 heteroatoms. The molecule has 2 rings (SSSR count). The molecule has 146 valence electrons. The van der Waals surface area contributed by atoms with Gasteiger partial charge in [0.2, 0.25) is 0 Å². The predicted octanol–water partition coefficient (Wildman–Crippen LogP) is 4.88. The van der Waals surface area contributed by atoms with Gasteiger partial charge in [-0.2, -0.15) is 0 Å². The van der Waals surface area contributed by atoms with Gasteiger partial charge in [0.1, 0.15) is 5.60 Å². The molecule has 2 atom stereocenters. The van der Waals surface area contributed by atoms with Gasteiger partial charge in [0, 0.05) is 12.6 Å². The van der Waals surface area contributed by atoms with Crippen molar-refractivity contribution in [1.29, 1.82) is 0 Å². The van der Waals surface area contributed by atoms with Crippen LogP contribution in [0.1, 0.15) is 85.5 Å². The Bertz CT molecular complexity index is 397. The van der Waals surface area contributed by atoms with Gasteiger partial charge < -0.3 is 15.4 Å². The molecule has 0 aromatic carbocycles. The third-order valence-electron chi connectivity index (χ3n) is 5.91. The number of amides is 1. The van der Waals surface area contributed by atoms with Crippen LogP contribution in [0.2, 0.25) is 0 Å². The zero-order chi connectivity index (χ0) is 18.3. The van der Waals surface area contributed by atoms with E-state index in [-0.39, 0.29) is 6.09 Å². The molecular weight excluding hydrogens is 312 g/mol. The molecule has 4 nitrogen and oxygen atoms in total. The molecule has 2 unspecified atom stereocenters. The van der Waals surface area contributed by atoms with Crippen LogP contribution in [0.5, 0.6) is 0 Å². The van der Waals surface area contributed by atoms with Crippen LogP contribution in [0, 0.1) is 17.8 Å². The van der Waals surface area contributed by atoms with Crippen LogP contribution >= 0.6 is 0 Å². The van der Waals surface area contributed by atoms with Crippen LogP contribution in [0.15, 0.2) is 0 Å². The van der Waals surface area contributed by atoms with Crippen molar-refractivity contribution in [2.45, 2.75) is 97.1 Å². The van der Waals surface area contributed by atoms with Crippen molar-refractivity contribution in [3.05, 3.63) is 0 Å². The molecule has 2 saturated carbocycles. The Kier molecular flexibility index (Phi) is 8.05. The monoisotopic (exact) mass is 352 g/mol. The largest absolute Gasteiger partial charge is 0.444 e. The van der Waals surface area contributed by atoms with Crippen molar-refractivity contribution in [2.75, 3.05) is 13.1 Å². The van der Waals surface area contributed by atoms with E-state index in [9.17, 15) is 4.79 Å². The number of carbonyl (C=O) groups excluding carboxylic acids is 1. The molecule has 2 fully saturated rings. The van der Waals surface area contributed by atoms with E-state index in [4.69, 9.17) is 4.74 Å². The van der Waals surface area contributed by atoms with E-state index in [0.717, 1.165) is 24.9 Å². The summed E-state index contributed by atoms with van der Waals surface area (Å²) < 4.78 is 5.36. The minimum atomic E-state index is -0.425. The molecule has 0 aromatic rings. The van der Waals surface area contributed by atoms with Crippen LogP contribution in [-0.2, 0) is 4.74 Å². The predicted molar refractivity (Wildman–Crippen MR) is 104 cm³/mol. The van der Waals surface area contributed by atoms with Gasteiger partial charge in [0.15, 0.2) is 0 Å². The molecule has 0 saturated heterocycles. The Morgan fingerprint density at radius 2 is 1.72 bits per heavy atom. The molecule has 0 aliphatic heterocycles. The number of carbonyl (C=O) groups is 1. The second-order valence-corrected chi connectivity index (χ2v) is 9.40. The van der Waals surface area contributed by atoms with Gasteiger partial charge >= 0.3 is 6.09 Å². The van der Waals surface area contributed by atoms with Crippen molar-refractivity contribution in [2.24, 2.45) is 17.8 Å². The lowest BCUT2D eigenvalue weighted by Gasteiger charge is -2.33. The molecule has 2 N–H and O–H groups in total. The van der Waals surface area contributed by atoms with Gasteiger partial charge in [-0.05, 0) is 64.3 Å². The molecule has 2 aliphatic rings. The smallest absolute Gasteiger partial charge is 0.407 e. The van der Waals surface area contributed by atoms with Gasteiger partial charge in [0.05, 0.1) is 0 Å². The van der Waals surface area contributed by atoms with Crippen molar-refractivity contribution < 1.29 is 9.53 Å². The summed E-state index contributed by atoms with van der Waals surface area (Å²) in [5.41, 5.74) is -0.425. The first-order valence-corrected chi connectivity index (χ1v) is 10.5. The van der Waals surface area contributed by atoms with Crippen molar-refractivity contribution in [3.8, 4) is 0 Å². The molecule has 0 aromatic heterocycles. The topological polar surface area (TPSA) is 50.4 Å². The summed E-state index contributed by atoms with van der Waals surface area (Å²) in [6.07, 6.45) is 11.7. The van der Waals surface area contributed by atoms with E-state index in [1.807, 2.05) is 20.8 Å². The Morgan fingerprint density at radius 3 is 2.40 bits per heavy atom. The highest BCUT2D eigenvalue weighted by atomic mass is 16.6. The number of rotatable bonds is 6. The summed E-state index contributed by atoms with van der Waals surface area (Å²) in [6.45, 7) is 9.97. The van der Waals surface area contributed by atoms with E-state index in [1.165, 1.54) is 57.8 Å². The molecular formula is C21H40N2O2. The van der Waals surface area contributed by atoms with Gasteiger partial charge in [0.25, 0.3) is 0 Å². The fraction of sp³-hybridized carbons (Fsp3) is 0.952. The third-order valence-corrected chi connectivity index (χ3v) is 5.91. The summed E-state index contributed by atoms with van der Waals surface area (Å²) in [7, 11) is 0. The van der Waals surface area contributed by atoms with Crippen LogP contribution < -0.4 is 10.6 Å². The summed E-state index contributed by atoms with van der Waals surface area (Å²) in [6, 6.07) is 0.547. The first-order chi connectivity index (χ1) is 11.8. The molecule has 2 aliphatic carbocycles. The summed E-state index contributed by atoms with van der Waals surface area (Å²) in [5, 5.41) is 6.79. The van der Waals surface area contributed by atoms with Crippen LogP contribution in [0.25, 0.3) is 0 Å². The normalized spacial score (nSPS) is 30.7. The van der Waals surface area contributed by atoms with Crippen LogP contribution in [-0.4, -0.2) is 30.8 Å². The Balaban J connectivity index is 1.68. The molecule has 25 heavy (non-hydrogen) atoms. The van der Waals surface area contributed by atoms with Crippen molar-refractivity contribution >= 4 is 6.09 Å². The SMILES string of the molecule is CC1CCC(CCNC2CCCCC2CNC(=O)OC(C)(C)C)CC1. The number of hydrogen-bond acceptors (Lipinski definition) is 3. The lowest BCUT2D eigenvalue weighted by molar-refractivity contribution is 0.0510. The van der Waals surface area contributed by atoms with Gasteiger partial charge in [-0.25, -0.2) is 4.79 Å². The maximum atomic E-state index is 11.9. The molecule has 0 radical (unpaired) electrons. The number of ether oxygens (including phenoxy) is 1. The second-order valence-electron chi connectivity index (χ2n) is 9.40. The quantitative estimate of drug-likeness (QED) is 0.716. The van der Waals surface area contributed by atoms with Gasteiger partial charge in [-0.15, -0.1) is 0 Å².